The monoisotopic (exact) mass is 1090 g/mol. The fourth-order valence-electron chi connectivity index (χ4n) is 8.51. The van der Waals surface area contributed by atoms with Crippen LogP contribution in [0.1, 0.15) is 239 Å². The molecule has 0 rings (SSSR count). The third kappa shape index (κ3) is 57.4. The van der Waals surface area contributed by atoms with E-state index in [9.17, 15) is 24.5 Å². The molecule has 0 aliphatic carbocycles. The number of likely N-dealkylation sites (N-methyl/N-ethyl adjacent to an activating group) is 1. The van der Waals surface area contributed by atoms with E-state index >= 15 is 0 Å². The van der Waals surface area contributed by atoms with Gasteiger partial charge in [-0.2, -0.15) is 0 Å². The van der Waals surface area contributed by atoms with Crippen molar-refractivity contribution in [1.82, 2.24) is 5.32 Å². The molecule has 3 N–H and O–H groups in total. The molecule has 0 aromatic heterocycles. The second-order valence-corrected chi connectivity index (χ2v) is 23.2. The van der Waals surface area contributed by atoms with Crippen LogP contribution in [-0.4, -0.2) is 79.8 Å². The molecule has 4 atom stereocenters. The highest BCUT2D eigenvalue weighted by molar-refractivity contribution is 7.45. The normalized spacial score (nSPS) is 15.1. The molecule has 442 valence electrons. The standard InChI is InChI=1S/C67H117N2O7P/c1-6-8-10-12-14-16-18-20-21-22-23-24-25-26-27-28-29-30-31-32-33-34-35-36-37-38-39-40-41-42-43-44-45-46-47-48-50-52-54-56-58-60-66(71)68-64(63-76-77(73,74)75-62-61-69(3,4)5)67(72)65(70)59-57-55-53-51-49-19-17-15-13-11-9-7-2/h7-10,14-17,20-21,23-24,26-27,29-30,32-33,51,53,64-65,67,70,72H,6,11-13,18-19,22,25,28,31,34-50,52,54-63H2,1-5H3,(H-,68,71,73,74)/b9-7+,10-8-,16-14-,17-15+,21-20-,24-23-,27-26-,30-29-,33-32-,53-51+. The maximum atomic E-state index is 13.0. The van der Waals surface area contributed by atoms with Gasteiger partial charge < -0.3 is 34.0 Å². The van der Waals surface area contributed by atoms with Crippen molar-refractivity contribution in [3.8, 4) is 0 Å². The molecule has 1 amide bonds. The molecule has 0 saturated carbocycles. The molecule has 0 aromatic carbocycles. The first kappa shape index (κ1) is 73.9. The molecule has 4 unspecified atom stereocenters. The van der Waals surface area contributed by atoms with E-state index < -0.39 is 32.7 Å². The van der Waals surface area contributed by atoms with Crippen molar-refractivity contribution in [3.63, 3.8) is 0 Å². The quantitative estimate of drug-likeness (QED) is 0.0239. The van der Waals surface area contributed by atoms with Crippen LogP contribution in [0, 0.1) is 0 Å². The summed E-state index contributed by atoms with van der Waals surface area (Å²) in [7, 11) is 1.09. The molecule has 0 radical (unpaired) electrons. The third-order valence-corrected chi connectivity index (χ3v) is 14.3. The average molecular weight is 1090 g/mol. The smallest absolute Gasteiger partial charge is 0.268 e. The van der Waals surface area contributed by atoms with Gasteiger partial charge in [0.05, 0.1) is 39.9 Å². The van der Waals surface area contributed by atoms with E-state index in [1.807, 2.05) is 28.1 Å². The topological polar surface area (TPSA) is 128 Å². The third-order valence-electron chi connectivity index (χ3n) is 13.3. The molecular formula is C67H117N2O7P. The van der Waals surface area contributed by atoms with E-state index in [2.05, 4.69) is 134 Å². The lowest BCUT2D eigenvalue weighted by molar-refractivity contribution is -0.870. The van der Waals surface area contributed by atoms with Crippen LogP contribution in [0.25, 0.3) is 0 Å². The minimum Gasteiger partial charge on any atom is -0.756 e. The van der Waals surface area contributed by atoms with Crippen molar-refractivity contribution in [2.24, 2.45) is 0 Å². The molecule has 0 aliphatic rings. The number of aliphatic hydroxyl groups is 2. The number of hydrogen-bond donors (Lipinski definition) is 3. The van der Waals surface area contributed by atoms with Gasteiger partial charge in [-0.3, -0.25) is 9.36 Å². The average Bonchev–Trinajstić information content (AvgIpc) is 3.39. The Morgan fingerprint density at radius 1 is 0.494 bits per heavy atom. The first-order valence-corrected chi connectivity index (χ1v) is 32.4. The number of carbonyl (C=O) groups is 1. The molecule has 77 heavy (non-hydrogen) atoms. The minimum atomic E-state index is -4.69. The van der Waals surface area contributed by atoms with Crippen LogP contribution in [0.15, 0.2) is 122 Å². The number of rotatable bonds is 55. The first-order chi connectivity index (χ1) is 37.4. The number of hydrogen-bond acceptors (Lipinski definition) is 7. The molecule has 0 spiro atoms. The van der Waals surface area contributed by atoms with Gasteiger partial charge in [0, 0.05) is 6.42 Å². The highest BCUT2D eigenvalue weighted by Gasteiger charge is 2.29. The zero-order valence-electron chi connectivity index (χ0n) is 50.0. The van der Waals surface area contributed by atoms with E-state index in [-0.39, 0.29) is 18.9 Å². The molecule has 0 aromatic rings. The SMILES string of the molecule is C/C=C/CC/C=C/CC/C=C/CCCC(O)C(O)C(COP(=O)([O-])OCC[N+](C)(C)C)NC(=O)CCCCCCCCCCCCCCCCCCCCC/C=C\C/C=C\C/C=C\C/C=C\C/C=C\C/C=C\C/C=C\CC. The van der Waals surface area contributed by atoms with Crippen LogP contribution in [0.2, 0.25) is 0 Å². The van der Waals surface area contributed by atoms with Crippen molar-refractivity contribution in [2.45, 2.75) is 257 Å². The number of aliphatic hydroxyl groups excluding tert-OH is 2. The van der Waals surface area contributed by atoms with Crippen LogP contribution in [0.5, 0.6) is 0 Å². The number of nitrogens with zero attached hydrogens (tertiary/aromatic N) is 1. The Hall–Kier alpha value is -3.14. The highest BCUT2D eigenvalue weighted by atomic mass is 31.2. The van der Waals surface area contributed by atoms with Crippen LogP contribution < -0.4 is 10.2 Å². The Morgan fingerprint density at radius 2 is 0.844 bits per heavy atom. The van der Waals surface area contributed by atoms with E-state index in [1.54, 1.807) is 0 Å². The maximum absolute atomic E-state index is 13.0. The molecule has 9 nitrogen and oxygen atoms in total. The van der Waals surface area contributed by atoms with E-state index in [0.717, 1.165) is 96.3 Å². The van der Waals surface area contributed by atoms with E-state index in [4.69, 9.17) is 9.05 Å². The van der Waals surface area contributed by atoms with Crippen molar-refractivity contribution in [2.75, 3.05) is 40.9 Å². The predicted octanol–water partition coefficient (Wildman–Crippen LogP) is 17.7. The lowest BCUT2D eigenvalue weighted by Crippen LogP contribution is -2.51. The highest BCUT2D eigenvalue weighted by Crippen LogP contribution is 2.38. The van der Waals surface area contributed by atoms with E-state index in [1.165, 1.54) is 103 Å². The minimum absolute atomic E-state index is 0.0538. The second kappa shape index (κ2) is 56.1. The second-order valence-electron chi connectivity index (χ2n) is 21.8. The lowest BCUT2D eigenvalue weighted by atomic mass is 10.0. The number of nitrogens with one attached hydrogen (secondary N) is 1. The van der Waals surface area contributed by atoms with Gasteiger partial charge in [-0.1, -0.05) is 238 Å². The summed E-state index contributed by atoms with van der Waals surface area (Å²) in [5.74, 6) is -0.297. The molecular weight excluding hydrogens is 976 g/mol. The molecule has 10 heteroatoms. The van der Waals surface area contributed by atoms with Gasteiger partial charge in [-0.15, -0.1) is 0 Å². The van der Waals surface area contributed by atoms with Gasteiger partial charge in [0.25, 0.3) is 7.82 Å². The van der Waals surface area contributed by atoms with Gasteiger partial charge in [0.15, 0.2) is 0 Å². The van der Waals surface area contributed by atoms with Crippen molar-refractivity contribution in [3.05, 3.63) is 122 Å². The Morgan fingerprint density at radius 3 is 1.26 bits per heavy atom. The fourth-order valence-corrected chi connectivity index (χ4v) is 9.23. The Bertz CT molecular complexity index is 1690. The number of allylic oxidation sites excluding steroid dienone is 20. The molecule has 0 aliphatic heterocycles. The molecule has 0 heterocycles. The summed E-state index contributed by atoms with van der Waals surface area (Å²) >= 11 is 0. The molecule has 0 fully saturated rings. The number of phosphoric ester groups is 1. The maximum Gasteiger partial charge on any atom is 0.268 e. The van der Waals surface area contributed by atoms with Gasteiger partial charge in [0.2, 0.25) is 5.91 Å². The number of unbranched alkanes of at least 4 members (excludes halogenated alkanes) is 22. The van der Waals surface area contributed by atoms with Crippen molar-refractivity contribution < 1.29 is 38.0 Å². The van der Waals surface area contributed by atoms with Crippen molar-refractivity contribution in [1.29, 1.82) is 0 Å². The first-order valence-electron chi connectivity index (χ1n) is 30.9. The number of carbonyl (C=O) groups excluding carboxylic acids is 1. The zero-order valence-corrected chi connectivity index (χ0v) is 50.9. The predicted molar refractivity (Wildman–Crippen MR) is 331 cm³/mol. The van der Waals surface area contributed by atoms with Crippen molar-refractivity contribution >= 4 is 13.7 Å². The van der Waals surface area contributed by atoms with Crippen LogP contribution in [0.4, 0.5) is 0 Å². The van der Waals surface area contributed by atoms with Crippen LogP contribution >= 0.6 is 7.82 Å². The number of quaternary nitrogens is 1. The Kier molecular flexibility index (Phi) is 53.9. The molecule has 0 saturated heterocycles. The van der Waals surface area contributed by atoms with E-state index in [0.29, 0.717) is 30.3 Å². The van der Waals surface area contributed by atoms with Crippen LogP contribution in [0.3, 0.4) is 0 Å². The fraction of sp³-hybridized carbons (Fsp3) is 0.687. The molecule has 0 bridgehead atoms. The zero-order chi connectivity index (χ0) is 56.4. The van der Waals surface area contributed by atoms with Gasteiger partial charge in [0.1, 0.15) is 19.3 Å². The summed E-state index contributed by atoms with van der Waals surface area (Å²) in [5.41, 5.74) is 0. The number of phosphoric acid groups is 1. The largest absolute Gasteiger partial charge is 0.756 e. The van der Waals surface area contributed by atoms with Gasteiger partial charge >= 0.3 is 0 Å². The van der Waals surface area contributed by atoms with Crippen LogP contribution in [-0.2, 0) is 18.4 Å². The Labute approximate surface area is 474 Å². The number of amides is 1. The summed E-state index contributed by atoms with van der Waals surface area (Å²) in [5, 5.41) is 24.7. The Balaban J connectivity index is 4.01. The summed E-state index contributed by atoms with van der Waals surface area (Å²) in [4.78, 5) is 25.5. The summed E-state index contributed by atoms with van der Waals surface area (Å²) < 4.78 is 23.2. The summed E-state index contributed by atoms with van der Waals surface area (Å²) in [6.07, 6.45) is 80.3. The van der Waals surface area contributed by atoms with Gasteiger partial charge in [-0.05, 0) is 116 Å². The lowest BCUT2D eigenvalue weighted by Gasteiger charge is -2.31. The van der Waals surface area contributed by atoms with Gasteiger partial charge in [-0.25, -0.2) is 0 Å². The summed E-state index contributed by atoms with van der Waals surface area (Å²) in [6.45, 7) is 4.07. The summed E-state index contributed by atoms with van der Waals surface area (Å²) in [6, 6.07) is -1.10.